The summed E-state index contributed by atoms with van der Waals surface area (Å²) in [5.41, 5.74) is 2.97. The topological polar surface area (TPSA) is 53.6 Å². The lowest BCUT2D eigenvalue weighted by molar-refractivity contribution is -0.0537. The molecule has 5 atom stereocenters. The largest absolute Gasteiger partial charge is 0.472 e. The van der Waals surface area contributed by atoms with E-state index in [0.717, 1.165) is 44.9 Å². The van der Waals surface area contributed by atoms with Gasteiger partial charge in [-0.3, -0.25) is 0 Å². The zero-order chi connectivity index (χ0) is 20.2. The van der Waals surface area contributed by atoms with Crippen molar-refractivity contribution >= 4 is 0 Å². The van der Waals surface area contributed by atoms with Gasteiger partial charge in [0.05, 0.1) is 12.5 Å². The molecule has 0 radical (unpaired) electrons. The maximum absolute atomic E-state index is 10.1. The van der Waals surface area contributed by atoms with Crippen LogP contribution in [0.1, 0.15) is 77.2 Å². The molecule has 0 amide bonds. The fraction of sp³-hybridized carbons (Fsp3) is 0.760. The number of furan rings is 1. The molecule has 3 nitrogen and oxygen atoms in total. The second kappa shape index (κ2) is 9.17. The number of fused-ring (bicyclic) bond motifs is 1. The molecular formula is C25H40O3. The molecule has 0 aliphatic heterocycles. The molecule has 158 valence electrons. The van der Waals surface area contributed by atoms with Gasteiger partial charge in [-0.15, -0.1) is 0 Å². The summed E-state index contributed by atoms with van der Waals surface area (Å²) in [6.45, 7) is 9.80. The third-order valence-electron chi connectivity index (χ3n) is 8.12. The molecular weight excluding hydrogens is 348 g/mol. The molecule has 0 unspecified atom stereocenters. The van der Waals surface area contributed by atoms with Crippen LogP contribution in [-0.2, 0) is 6.42 Å². The summed E-state index contributed by atoms with van der Waals surface area (Å²) >= 11 is 0. The zero-order valence-corrected chi connectivity index (χ0v) is 18.0. The van der Waals surface area contributed by atoms with Gasteiger partial charge in [-0.25, -0.2) is 0 Å². The molecule has 28 heavy (non-hydrogen) atoms. The van der Waals surface area contributed by atoms with Crippen LogP contribution in [0.15, 0.2) is 35.2 Å². The average molecular weight is 389 g/mol. The van der Waals surface area contributed by atoms with E-state index in [1.54, 1.807) is 6.26 Å². The first kappa shape index (κ1) is 21.6. The third kappa shape index (κ3) is 4.74. The molecule has 0 saturated heterocycles. The Labute approximate surface area is 171 Å². The van der Waals surface area contributed by atoms with E-state index >= 15 is 0 Å². The fourth-order valence-electron chi connectivity index (χ4n) is 6.42. The average Bonchev–Trinajstić information content (AvgIpc) is 3.14. The van der Waals surface area contributed by atoms with Gasteiger partial charge >= 0.3 is 0 Å². The summed E-state index contributed by atoms with van der Waals surface area (Å²) in [6.07, 6.45) is 14.8. The maximum atomic E-state index is 10.1. The smallest absolute Gasteiger partial charge is 0.0934 e. The van der Waals surface area contributed by atoms with Crippen LogP contribution in [0.5, 0.6) is 0 Å². The van der Waals surface area contributed by atoms with E-state index in [1.165, 1.54) is 30.4 Å². The number of hydrogen-bond acceptors (Lipinski definition) is 3. The molecule has 3 heteroatoms. The fourth-order valence-corrected chi connectivity index (χ4v) is 6.42. The Kier molecular flexibility index (Phi) is 7.09. The van der Waals surface area contributed by atoms with Crippen LogP contribution in [0, 0.1) is 28.6 Å². The molecule has 1 aromatic heterocycles. The number of aryl methyl sites for hydroxylation is 1. The van der Waals surface area contributed by atoms with Crippen LogP contribution in [-0.4, -0.2) is 23.4 Å². The highest BCUT2D eigenvalue weighted by Crippen LogP contribution is 2.58. The first-order chi connectivity index (χ1) is 13.4. The van der Waals surface area contributed by atoms with Crippen LogP contribution in [0.3, 0.4) is 0 Å². The van der Waals surface area contributed by atoms with Crippen LogP contribution in [0.4, 0.5) is 0 Å². The second-order valence-electron chi connectivity index (χ2n) is 10.3. The van der Waals surface area contributed by atoms with Crippen molar-refractivity contribution in [3.05, 3.63) is 36.3 Å². The van der Waals surface area contributed by atoms with Crippen molar-refractivity contribution in [1.29, 1.82) is 0 Å². The summed E-state index contributed by atoms with van der Waals surface area (Å²) in [7, 11) is 0. The minimum atomic E-state index is 0.0587. The van der Waals surface area contributed by atoms with E-state index in [9.17, 15) is 10.2 Å². The van der Waals surface area contributed by atoms with Crippen molar-refractivity contribution < 1.29 is 14.6 Å². The van der Waals surface area contributed by atoms with E-state index in [-0.39, 0.29) is 17.4 Å². The van der Waals surface area contributed by atoms with Gasteiger partial charge in [0.2, 0.25) is 0 Å². The van der Waals surface area contributed by atoms with Crippen molar-refractivity contribution in [2.75, 3.05) is 13.2 Å². The van der Waals surface area contributed by atoms with Gasteiger partial charge in [0.25, 0.3) is 0 Å². The molecule has 0 bridgehead atoms. The number of allylic oxidation sites excluding steroid dienone is 1. The van der Waals surface area contributed by atoms with Crippen molar-refractivity contribution in [3.8, 4) is 0 Å². The molecule has 2 N–H and O–H groups in total. The second-order valence-corrected chi connectivity index (χ2v) is 10.3. The zero-order valence-electron chi connectivity index (χ0n) is 18.0. The van der Waals surface area contributed by atoms with Gasteiger partial charge in [-0.05, 0) is 98.0 Å². The Hall–Kier alpha value is -1.06. The minimum Gasteiger partial charge on any atom is -0.472 e. The minimum absolute atomic E-state index is 0.0587. The summed E-state index contributed by atoms with van der Waals surface area (Å²) in [5.74, 6) is 1.43. The Morgan fingerprint density at radius 2 is 2.11 bits per heavy atom. The summed E-state index contributed by atoms with van der Waals surface area (Å²) < 4.78 is 5.16. The van der Waals surface area contributed by atoms with Gasteiger partial charge in [0.15, 0.2) is 0 Å². The first-order valence-corrected chi connectivity index (χ1v) is 11.3. The first-order valence-electron chi connectivity index (χ1n) is 11.3. The SMILES string of the molecule is C=C1CC[C@H]2[C@](C)(CO)CCC[C@]2(C)C[C@@H]1C[C@H](CO)CCCc1ccoc1. The van der Waals surface area contributed by atoms with Crippen LogP contribution in [0.25, 0.3) is 0 Å². The highest BCUT2D eigenvalue weighted by molar-refractivity contribution is 5.11. The number of aliphatic hydroxyl groups is 2. The van der Waals surface area contributed by atoms with E-state index in [2.05, 4.69) is 20.4 Å². The molecule has 1 aromatic rings. The van der Waals surface area contributed by atoms with Crippen molar-refractivity contribution in [2.45, 2.75) is 78.1 Å². The van der Waals surface area contributed by atoms with Crippen LogP contribution in [0.2, 0.25) is 0 Å². The van der Waals surface area contributed by atoms with Gasteiger partial charge < -0.3 is 14.6 Å². The highest BCUT2D eigenvalue weighted by atomic mass is 16.3. The molecule has 2 aliphatic rings. The van der Waals surface area contributed by atoms with Gasteiger partial charge in [-0.1, -0.05) is 32.4 Å². The third-order valence-corrected chi connectivity index (χ3v) is 8.12. The molecule has 2 fully saturated rings. The predicted molar refractivity (Wildman–Crippen MR) is 114 cm³/mol. The Morgan fingerprint density at radius 1 is 1.29 bits per heavy atom. The number of rotatable bonds is 8. The van der Waals surface area contributed by atoms with Crippen molar-refractivity contribution in [2.24, 2.45) is 28.6 Å². The molecule has 2 aliphatic carbocycles. The molecule has 3 rings (SSSR count). The van der Waals surface area contributed by atoms with Gasteiger partial charge in [0, 0.05) is 13.2 Å². The molecule has 0 aromatic carbocycles. The summed E-state index contributed by atoms with van der Waals surface area (Å²) in [4.78, 5) is 0. The Bertz CT molecular complexity index is 622. The highest BCUT2D eigenvalue weighted by Gasteiger charge is 2.50. The lowest BCUT2D eigenvalue weighted by Gasteiger charge is -2.52. The van der Waals surface area contributed by atoms with Crippen LogP contribution < -0.4 is 0 Å². The maximum Gasteiger partial charge on any atom is 0.0934 e. The molecule has 1 heterocycles. The van der Waals surface area contributed by atoms with E-state index in [1.807, 2.05) is 12.3 Å². The normalized spacial score (nSPS) is 34.6. The Balaban J connectivity index is 1.63. The van der Waals surface area contributed by atoms with Gasteiger partial charge in [0.1, 0.15) is 0 Å². The number of hydrogen-bond donors (Lipinski definition) is 2. The lowest BCUT2D eigenvalue weighted by Crippen LogP contribution is -2.45. The number of aliphatic hydroxyl groups excluding tert-OH is 2. The molecule has 0 spiro atoms. The van der Waals surface area contributed by atoms with Gasteiger partial charge in [-0.2, -0.15) is 0 Å². The van der Waals surface area contributed by atoms with E-state index in [4.69, 9.17) is 4.42 Å². The van der Waals surface area contributed by atoms with E-state index in [0.29, 0.717) is 24.4 Å². The standard InChI is InChI=1S/C25H40O3/c1-19-8-9-23-24(2,11-5-12-25(23,3)18-27)15-22(19)14-21(16-26)7-4-6-20-10-13-28-17-20/h10,13,17,21-23,26-27H,1,4-9,11-12,14-16,18H2,2-3H3/t21-,22+,23-,24-,25+/m1/s1. The summed E-state index contributed by atoms with van der Waals surface area (Å²) in [5, 5.41) is 20.1. The molecule has 2 saturated carbocycles. The van der Waals surface area contributed by atoms with Crippen LogP contribution >= 0.6 is 0 Å². The predicted octanol–water partition coefficient (Wildman–Crippen LogP) is 5.76. The Morgan fingerprint density at radius 3 is 2.79 bits per heavy atom. The quantitative estimate of drug-likeness (QED) is 0.557. The monoisotopic (exact) mass is 388 g/mol. The van der Waals surface area contributed by atoms with E-state index < -0.39 is 0 Å². The summed E-state index contributed by atoms with van der Waals surface area (Å²) in [6, 6.07) is 2.03. The van der Waals surface area contributed by atoms with Crippen molar-refractivity contribution in [1.82, 2.24) is 0 Å². The lowest BCUT2D eigenvalue weighted by atomic mass is 9.53. The van der Waals surface area contributed by atoms with Crippen molar-refractivity contribution in [3.63, 3.8) is 0 Å².